The lowest BCUT2D eigenvalue weighted by atomic mass is 10.1. The normalized spacial score (nSPS) is 10.9. The van der Waals surface area contributed by atoms with Gasteiger partial charge in [-0.1, -0.05) is 53.5 Å². The molecule has 0 unspecified atom stereocenters. The molecule has 0 aliphatic rings. The van der Waals surface area contributed by atoms with E-state index in [4.69, 9.17) is 23.2 Å². The number of nitrogens with zero attached hydrogens (tertiary/aromatic N) is 2. The Labute approximate surface area is 150 Å². The first kappa shape index (κ1) is 16.8. The Kier molecular flexibility index (Phi) is 5.38. The Morgan fingerprint density at radius 1 is 1.12 bits per heavy atom. The SMILES string of the molecule is O=C(CCc1ccccc1)NCCc1cn2cc(Cl)cc(Cl)c2n1. The lowest BCUT2D eigenvalue weighted by Gasteiger charge is -2.04. The van der Waals surface area contributed by atoms with Crippen LogP contribution in [-0.2, 0) is 17.6 Å². The van der Waals surface area contributed by atoms with E-state index in [9.17, 15) is 4.79 Å². The number of carbonyl (C=O) groups excluding carboxylic acids is 1. The monoisotopic (exact) mass is 361 g/mol. The van der Waals surface area contributed by atoms with Gasteiger partial charge in [-0.3, -0.25) is 4.79 Å². The van der Waals surface area contributed by atoms with Gasteiger partial charge in [0.25, 0.3) is 0 Å². The fourth-order valence-corrected chi connectivity index (χ4v) is 3.04. The highest BCUT2D eigenvalue weighted by Gasteiger charge is 2.07. The number of nitrogens with one attached hydrogen (secondary N) is 1. The van der Waals surface area contributed by atoms with Crippen molar-refractivity contribution in [3.63, 3.8) is 0 Å². The average molecular weight is 362 g/mol. The smallest absolute Gasteiger partial charge is 0.220 e. The second-order valence-electron chi connectivity index (χ2n) is 5.55. The van der Waals surface area contributed by atoms with Crippen molar-refractivity contribution in [2.75, 3.05) is 6.54 Å². The summed E-state index contributed by atoms with van der Waals surface area (Å²) in [7, 11) is 0. The van der Waals surface area contributed by atoms with Crippen LogP contribution in [0.5, 0.6) is 0 Å². The van der Waals surface area contributed by atoms with Gasteiger partial charge in [-0.2, -0.15) is 0 Å². The Morgan fingerprint density at radius 2 is 1.92 bits per heavy atom. The highest BCUT2D eigenvalue weighted by molar-refractivity contribution is 6.36. The van der Waals surface area contributed by atoms with Gasteiger partial charge in [0.15, 0.2) is 5.65 Å². The van der Waals surface area contributed by atoms with Crippen molar-refractivity contribution in [1.29, 1.82) is 0 Å². The molecule has 0 fully saturated rings. The van der Waals surface area contributed by atoms with Gasteiger partial charge >= 0.3 is 0 Å². The van der Waals surface area contributed by atoms with Crippen LogP contribution in [0.15, 0.2) is 48.8 Å². The van der Waals surface area contributed by atoms with Gasteiger partial charge in [-0.25, -0.2) is 4.98 Å². The van der Waals surface area contributed by atoms with E-state index < -0.39 is 0 Å². The number of hydrogen-bond acceptors (Lipinski definition) is 2. The first-order valence-corrected chi connectivity index (χ1v) is 8.50. The highest BCUT2D eigenvalue weighted by Crippen LogP contribution is 2.21. The molecule has 0 bridgehead atoms. The topological polar surface area (TPSA) is 46.4 Å². The standard InChI is InChI=1S/C18H17Cl2N3O/c19-14-10-16(20)18-22-15(12-23(18)11-14)8-9-21-17(24)7-6-13-4-2-1-3-5-13/h1-5,10-12H,6-9H2,(H,21,24). The van der Waals surface area contributed by atoms with Crippen LogP contribution in [0, 0.1) is 0 Å². The first-order valence-electron chi connectivity index (χ1n) is 7.75. The summed E-state index contributed by atoms with van der Waals surface area (Å²) in [6, 6.07) is 11.7. The Bertz CT molecular complexity index is 846. The summed E-state index contributed by atoms with van der Waals surface area (Å²) in [5.74, 6) is 0.0451. The van der Waals surface area contributed by atoms with Crippen molar-refractivity contribution in [2.24, 2.45) is 0 Å². The number of rotatable bonds is 6. The second-order valence-corrected chi connectivity index (χ2v) is 6.40. The maximum atomic E-state index is 11.9. The molecular weight excluding hydrogens is 345 g/mol. The first-order chi connectivity index (χ1) is 11.6. The van der Waals surface area contributed by atoms with Crippen molar-refractivity contribution in [1.82, 2.24) is 14.7 Å². The van der Waals surface area contributed by atoms with Crippen LogP contribution in [-0.4, -0.2) is 21.8 Å². The van der Waals surface area contributed by atoms with Crippen LogP contribution in [0.2, 0.25) is 10.0 Å². The molecule has 0 aliphatic heterocycles. The summed E-state index contributed by atoms with van der Waals surface area (Å²) in [5, 5.41) is 4.00. The molecule has 0 saturated carbocycles. The van der Waals surface area contributed by atoms with Crippen LogP contribution >= 0.6 is 23.2 Å². The quantitative estimate of drug-likeness (QED) is 0.722. The third kappa shape index (κ3) is 4.28. The van der Waals surface area contributed by atoms with Gasteiger partial charge in [0.1, 0.15) is 0 Å². The molecule has 0 spiro atoms. The summed E-state index contributed by atoms with van der Waals surface area (Å²) >= 11 is 12.1. The van der Waals surface area contributed by atoms with Crippen molar-refractivity contribution in [3.05, 3.63) is 70.1 Å². The van der Waals surface area contributed by atoms with Crippen LogP contribution < -0.4 is 5.32 Å². The predicted molar refractivity (Wildman–Crippen MR) is 96.7 cm³/mol. The lowest BCUT2D eigenvalue weighted by Crippen LogP contribution is -2.25. The van der Waals surface area contributed by atoms with Gasteiger partial charge in [-0.05, 0) is 18.1 Å². The van der Waals surface area contributed by atoms with Gasteiger partial charge in [0.2, 0.25) is 5.91 Å². The summed E-state index contributed by atoms with van der Waals surface area (Å²) in [5.41, 5.74) is 2.70. The van der Waals surface area contributed by atoms with Crippen LogP contribution in [0.25, 0.3) is 5.65 Å². The molecule has 2 aromatic heterocycles. The molecule has 1 aromatic carbocycles. The van der Waals surface area contributed by atoms with E-state index in [1.165, 1.54) is 5.56 Å². The molecule has 3 rings (SSSR count). The van der Waals surface area contributed by atoms with E-state index in [1.807, 2.05) is 36.5 Å². The molecule has 3 aromatic rings. The molecule has 124 valence electrons. The van der Waals surface area contributed by atoms with Gasteiger partial charge in [0, 0.05) is 31.8 Å². The minimum absolute atomic E-state index is 0.0451. The fourth-order valence-electron chi connectivity index (χ4n) is 2.52. The number of aromatic nitrogens is 2. The third-order valence-electron chi connectivity index (χ3n) is 3.71. The molecule has 1 amide bonds. The minimum atomic E-state index is 0.0451. The maximum absolute atomic E-state index is 11.9. The Hall–Kier alpha value is -2.04. The number of carbonyl (C=O) groups is 1. The zero-order valence-corrected chi connectivity index (χ0v) is 14.5. The largest absolute Gasteiger partial charge is 0.356 e. The van der Waals surface area contributed by atoms with E-state index in [0.717, 1.165) is 12.1 Å². The molecule has 4 nitrogen and oxygen atoms in total. The van der Waals surface area contributed by atoms with Gasteiger partial charge in [-0.15, -0.1) is 0 Å². The van der Waals surface area contributed by atoms with Crippen molar-refractivity contribution >= 4 is 34.8 Å². The number of pyridine rings is 1. The molecule has 0 radical (unpaired) electrons. The molecule has 1 N–H and O–H groups in total. The average Bonchev–Trinajstić information content (AvgIpc) is 2.97. The summed E-state index contributed by atoms with van der Waals surface area (Å²) in [6.07, 6.45) is 5.51. The Morgan fingerprint density at radius 3 is 2.71 bits per heavy atom. The number of halogens is 2. The highest BCUT2D eigenvalue weighted by atomic mass is 35.5. The molecule has 0 aliphatic carbocycles. The van der Waals surface area contributed by atoms with E-state index >= 15 is 0 Å². The molecular formula is C18H17Cl2N3O. The zero-order chi connectivity index (χ0) is 16.9. The molecule has 2 heterocycles. The van der Waals surface area contributed by atoms with E-state index in [-0.39, 0.29) is 5.91 Å². The van der Waals surface area contributed by atoms with Crippen molar-refractivity contribution in [2.45, 2.75) is 19.3 Å². The molecule has 6 heteroatoms. The number of amides is 1. The second kappa shape index (κ2) is 7.69. The number of imidazole rings is 1. The molecule has 0 atom stereocenters. The van der Waals surface area contributed by atoms with E-state index in [0.29, 0.717) is 35.1 Å². The fraction of sp³-hybridized carbons (Fsp3) is 0.222. The number of benzene rings is 1. The lowest BCUT2D eigenvalue weighted by molar-refractivity contribution is -0.121. The van der Waals surface area contributed by atoms with E-state index in [2.05, 4.69) is 10.3 Å². The summed E-state index contributed by atoms with van der Waals surface area (Å²) in [4.78, 5) is 16.4. The molecule has 24 heavy (non-hydrogen) atoms. The van der Waals surface area contributed by atoms with Crippen LogP contribution in [0.4, 0.5) is 0 Å². The third-order valence-corrected chi connectivity index (χ3v) is 4.19. The number of hydrogen-bond donors (Lipinski definition) is 1. The predicted octanol–water partition coefficient (Wildman–Crippen LogP) is 3.93. The summed E-state index contributed by atoms with van der Waals surface area (Å²) < 4.78 is 1.80. The van der Waals surface area contributed by atoms with Crippen LogP contribution in [0.3, 0.4) is 0 Å². The Balaban J connectivity index is 1.49. The van der Waals surface area contributed by atoms with Gasteiger partial charge < -0.3 is 9.72 Å². The van der Waals surface area contributed by atoms with Crippen molar-refractivity contribution in [3.8, 4) is 0 Å². The molecule has 0 saturated heterocycles. The zero-order valence-electron chi connectivity index (χ0n) is 13.0. The van der Waals surface area contributed by atoms with Crippen molar-refractivity contribution < 1.29 is 4.79 Å². The summed E-state index contributed by atoms with van der Waals surface area (Å²) in [6.45, 7) is 0.545. The van der Waals surface area contributed by atoms with Gasteiger partial charge in [0.05, 0.1) is 15.7 Å². The number of fused-ring (bicyclic) bond motifs is 1. The number of aryl methyl sites for hydroxylation is 1. The minimum Gasteiger partial charge on any atom is -0.356 e. The van der Waals surface area contributed by atoms with E-state index in [1.54, 1.807) is 16.7 Å². The van der Waals surface area contributed by atoms with Crippen LogP contribution in [0.1, 0.15) is 17.7 Å². The maximum Gasteiger partial charge on any atom is 0.220 e.